The summed E-state index contributed by atoms with van der Waals surface area (Å²) in [5.74, 6) is -0.623. The minimum atomic E-state index is -0.623. The van der Waals surface area contributed by atoms with E-state index in [9.17, 15) is 4.79 Å². The van der Waals surface area contributed by atoms with Crippen LogP contribution in [0.25, 0.3) is 0 Å². The van der Waals surface area contributed by atoms with Crippen molar-refractivity contribution < 1.29 is 9.08 Å². The third kappa shape index (κ3) is 2.19. The zero-order valence-electron chi connectivity index (χ0n) is 4.15. The fraction of sp³-hybridized carbons (Fsp3) is 0.250. The third-order valence-electron chi connectivity index (χ3n) is 0.556. The van der Waals surface area contributed by atoms with Gasteiger partial charge < -0.3 is 4.29 Å². The molecule has 0 N–H and O–H groups in total. The lowest BCUT2D eigenvalue weighted by atomic mass is 10.4. The Balaban J connectivity index is 3.83. The van der Waals surface area contributed by atoms with Gasteiger partial charge in [-0.05, 0) is 6.92 Å². The SMILES string of the molecule is CC(=CCl)C(=O)OCl. The van der Waals surface area contributed by atoms with E-state index < -0.39 is 5.97 Å². The van der Waals surface area contributed by atoms with Gasteiger partial charge in [0, 0.05) is 11.1 Å². The molecule has 0 amide bonds. The number of halogens is 2. The Morgan fingerprint density at radius 2 is 2.25 bits per heavy atom. The third-order valence-corrected chi connectivity index (χ3v) is 1.02. The first-order valence-electron chi connectivity index (χ1n) is 1.82. The maximum atomic E-state index is 10.2. The molecule has 0 saturated heterocycles. The lowest BCUT2D eigenvalue weighted by molar-refractivity contribution is -0.129. The van der Waals surface area contributed by atoms with Gasteiger partial charge in [0.25, 0.3) is 0 Å². The zero-order chi connectivity index (χ0) is 6.57. The van der Waals surface area contributed by atoms with Crippen molar-refractivity contribution >= 4 is 29.4 Å². The first kappa shape index (κ1) is 7.79. The van der Waals surface area contributed by atoms with Crippen LogP contribution in [0.4, 0.5) is 0 Å². The Bertz CT molecular complexity index is 119. The second kappa shape index (κ2) is 3.75. The molecule has 8 heavy (non-hydrogen) atoms. The fourth-order valence-electron chi connectivity index (χ4n) is 0.105. The molecule has 0 spiro atoms. The van der Waals surface area contributed by atoms with Crippen molar-refractivity contribution in [1.82, 2.24) is 0 Å². The van der Waals surface area contributed by atoms with Crippen LogP contribution in [-0.2, 0) is 9.08 Å². The molecule has 0 aromatic rings. The molecule has 0 aliphatic carbocycles. The standard InChI is InChI=1S/C4H4Cl2O2/c1-3(2-5)4(7)8-6/h2H,1H3. The predicted molar refractivity (Wildman–Crippen MR) is 31.6 cm³/mol. The minimum absolute atomic E-state index is 0.279. The Labute approximate surface area is 57.2 Å². The Morgan fingerprint density at radius 1 is 1.75 bits per heavy atom. The fourth-order valence-corrected chi connectivity index (χ4v) is 0.316. The number of carbonyl (C=O) groups excluding carboxylic acids is 1. The van der Waals surface area contributed by atoms with Crippen molar-refractivity contribution in [2.24, 2.45) is 0 Å². The smallest absolute Gasteiger partial charge is 0.343 e. The van der Waals surface area contributed by atoms with Gasteiger partial charge >= 0.3 is 5.97 Å². The summed E-state index contributed by atoms with van der Waals surface area (Å²) in [6, 6.07) is 0. The zero-order valence-corrected chi connectivity index (χ0v) is 5.66. The van der Waals surface area contributed by atoms with Crippen molar-refractivity contribution in [3.8, 4) is 0 Å². The van der Waals surface area contributed by atoms with E-state index in [0.717, 1.165) is 5.54 Å². The van der Waals surface area contributed by atoms with Crippen molar-refractivity contribution in [2.75, 3.05) is 0 Å². The van der Waals surface area contributed by atoms with E-state index in [1.54, 1.807) is 0 Å². The average Bonchev–Trinajstić information content (AvgIpc) is 1.84. The molecule has 0 aromatic heterocycles. The highest BCUT2D eigenvalue weighted by molar-refractivity contribution is 6.28. The summed E-state index contributed by atoms with van der Waals surface area (Å²) in [4.78, 5) is 10.2. The monoisotopic (exact) mass is 154 g/mol. The molecule has 0 aromatic carbocycles. The van der Waals surface area contributed by atoms with E-state index in [2.05, 4.69) is 16.2 Å². The highest BCUT2D eigenvalue weighted by Gasteiger charge is 2.01. The quantitative estimate of drug-likeness (QED) is 0.540. The van der Waals surface area contributed by atoms with Crippen molar-refractivity contribution in [3.05, 3.63) is 11.1 Å². The molecular weight excluding hydrogens is 151 g/mol. The minimum Gasteiger partial charge on any atom is -0.343 e. The number of carbonyl (C=O) groups is 1. The summed E-state index contributed by atoms with van der Waals surface area (Å²) in [6.45, 7) is 1.50. The maximum Gasteiger partial charge on any atom is 0.352 e. The van der Waals surface area contributed by atoms with Crippen LogP contribution in [0.15, 0.2) is 11.1 Å². The Kier molecular flexibility index (Phi) is 3.65. The first-order chi connectivity index (χ1) is 3.72. The summed E-state index contributed by atoms with van der Waals surface area (Å²) in [5.41, 5.74) is 1.38. The molecule has 2 nitrogen and oxygen atoms in total. The molecule has 0 bridgehead atoms. The van der Waals surface area contributed by atoms with Crippen molar-refractivity contribution in [2.45, 2.75) is 6.92 Å². The highest BCUT2D eigenvalue weighted by Crippen LogP contribution is 1.99. The molecule has 46 valence electrons. The van der Waals surface area contributed by atoms with E-state index in [1.165, 1.54) is 6.92 Å². The molecule has 0 unspecified atom stereocenters. The molecule has 4 heteroatoms. The van der Waals surface area contributed by atoms with Gasteiger partial charge in [0.05, 0.1) is 0 Å². The second-order valence-corrected chi connectivity index (χ2v) is 1.53. The molecule has 0 radical (unpaired) electrons. The molecule has 0 aliphatic rings. The molecule has 0 fully saturated rings. The van der Waals surface area contributed by atoms with Gasteiger partial charge in [-0.3, -0.25) is 0 Å². The molecule has 0 saturated carbocycles. The van der Waals surface area contributed by atoms with E-state index >= 15 is 0 Å². The van der Waals surface area contributed by atoms with Crippen LogP contribution in [0.1, 0.15) is 6.92 Å². The van der Waals surface area contributed by atoms with E-state index in [4.69, 9.17) is 11.6 Å². The Morgan fingerprint density at radius 3 is 2.38 bits per heavy atom. The van der Waals surface area contributed by atoms with Crippen LogP contribution in [0.2, 0.25) is 0 Å². The second-order valence-electron chi connectivity index (χ2n) is 1.16. The summed E-state index contributed by atoms with van der Waals surface area (Å²) < 4.78 is 3.78. The molecular formula is C4H4Cl2O2. The van der Waals surface area contributed by atoms with E-state index in [1.807, 2.05) is 0 Å². The van der Waals surface area contributed by atoms with E-state index in [-0.39, 0.29) is 5.57 Å². The molecule has 0 atom stereocenters. The van der Waals surface area contributed by atoms with Gasteiger partial charge in [-0.25, -0.2) is 4.79 Å². The highest BCUT2D eigenvalue weighted by atomic mass is 35.5. The van der Waals surface area contributed by atoms with Crippen LogP contribution in [0.3, 0.4) is 0 Å². The van der Waals surface area contributed by atoms with Crippen LogP contribution in [0, 0.1) is 0 Å². The summed E-state index contributed by atoms with van der Waals surface area (Å²) in [7, 11) is 0. The van der Waals surface area contributed by atoms with E-state index in [0.29, 0.717) is 0 Å². The van der Waals surface area contributed by atoms with Gasteiger partial charge in [-0.1, -0.05) is 11.6 Å². The number of hydrogen-bond donors (Lipinski definition) is 0. The van der Waals surface area contributed by atoms with Crippen LogP contribution in [0.5, 0.6) is 0 Å². The van der Waals surface area contributed by atoms with Gasteiger partial charge in [-0.15, -0.1) is 0 Å². The summed E-state index contributed by atoms with van der Waals surface area (Å²) >= 11 is 9.78. The van der Waals surface area contributed by atoms with Gasteiger partial charge in [0.15, 0.2) is 0 Å². The number of rotatable bonds is 1. The average molecular weight is 155 g/mol. The lowest BCUT2D eigenvalue weighted by Gasteiger charge is -1.88. The number of hydrogen-bond acceptors (Lipinski definition) is 2. The van der Waals surface area contributed by atoms with Crippen LogP contribution < -0.4 is 0 Å². The van der Waals surface area contributed by atoms with Crippen molar-refractivity contribution in [1.29, 1.82) is 0 Å². The first-order valence-corrected chi connectivity index (χ1v) is 2.56. The largest absolute Gasteiger partial charge is 0.352 e. The van der Waals surface area contributed by atoms with Gasteiger partial charge in [0.2, 0.25) is 0 Å². The summed E-state index contributed by atoms with van der Waals surface area (Å²) in [6.07, 6.45) is 0. The predicted octanol–water partition coefficient (Wildman–Crippen LogP) is 1.83. The van der Waals surface area contributed by atoms with Gasteiger partial charge in [0.1, 0.15) is 11.9 Å². The Hall–Kier alpha value is -0.210. The van der Waals surface area contributed by atoms with Crippen LogP contribution >= 0.6 is 23.5 Å². The summed E-state index contributed by atoms with van der Waals surface area (Å²) in [5, 5.41) is 0. The maximum absolute atomic E-state index is 10.2. The molecule has 0 rings (SSSR count). The molecule has 0 aliphatic heterocycles. The van der Waals surface area contributed by atoms with Crippen LogP contribution in [-0.4, -0.2) is 5.97 Å². The normalized spacial score (nSPS) is 11.1. The lowest BCUT2D eigenvalue weighted by Crippen LogP contribution is -1.96. The van der Waals surface area contributed by atoms with Crippen molar-refractivity contribution in [3.63, 3.8) is 0 Å². The molecule has 0 heterocycles. The van der Waals surface area contributed by atoms with Gasteiger partial charge in [-0.2, -0.15) is 0 Å². The topological polar surface area (TPSA) is 26.3 Å².